The van der Waals surface area contributed by atoms with Gasteiger partial charge in [-0.3, -0.25) is 4.68 Å². The van der Waals surface area contributed by atoms with Gasteiger partial charge in [-0.1, -0.05) is 12.8 Å². The van der Waals surface area contributed by atoms with Crippen molar-refractivity contribution in [3.63, 3.8) is 0 Å². The van der Waals surface area contributed by atoms with Gasteiger partial charge in [-0.2, -0.15) is 16.9 Å². The molecular formula is C14H24BrN3S. The van der Waals surface area contributed by atoms with Crippen LogP contribution in [0.2, 0.25) is 0 Å². The molecule has 1 aromatic rings. The third-order valence-corrected chi connectivity index (χ3v) is 6.19. The predicted molar refractivity (Wildman–Crippen MR) is 86.7 cm³/mol. The molecule has 5 heteroatoms. The molecule has 1 N–H and O–H groups in total. The number of halogens is 1. The minimum absolute atomic E-state index is 0.649. The molecule has 1 aliphatic carbocycles. The zero-order chi connectivity index (χ0) is 13.8. The Bertz CT molecular complexity index is 419. The van der Waals surface area contributed by atoms with Gasteiger partial charge in [0.15, 0.2) is 0 Å². The number of hydrogen-bond acceptors (Lipinski definition) is 3. The highest BCUT2D eigenvalue weighted by molar-refractivity contribution is 9.10. The number of aromatic nitrogens is 2. The highest BCUT2D eigenvalue weighted by Gasteiger charge is 2.24. The molecule has 1 heterocycles. The molecule has 1 aliphatic rings. The lowest BCUT2D eigenvalue weighted by Gasteiger charge is -2.31. The Morgan fingerprint density at radius 2 is 2.16 bits per heavy atom. The van der Waals surface area contributed by atoms with Gasteiger partial charge in [0, 0.05) is 24.4 Å². The van der Waals surface area contributed by atoms with E-state index in [1.54, 1.807) is 0 Å². The number of rotatable bonds is 5. The molecule has 0 aromatic carbocycles. The minimum atomic E-state index is 0.649. The van der Waals surface area contributed by atoms with Crippen LogP contribution in [0.5, 0.6) is 0 Å². The van der Waals surface area contributed by atoms with Gasteiger partial charge >= 0.3 is 0 Å². The summed E-state index contributed by atoms with van der Waals surface area (Å²) in [4.78, 5) is 0. The quantitative estimate of drug-likeness (QED) is 0.881. The largest absolute Gasteiger partial charge is 0.307 e. The molecule has 19 heavy (non-hydrogen) atoms. The van der Waals surface area contributed by atoms with Gasteiger partial charge in [0.1, 0.15) is 0 Å². The lowest BCUT2D eigenvalue weighted by molar-refractivity contribution is 0.377. The van der Waals surface area contributed by atoms with Crippen molar-refractivity contribution in [2.24, 2.45) is 0 Å². The van der Waals surface area contributed by atoms with Crippen LogP contribution < -0.4 is 5.32 Å². The standard InChI is InChI=1S/C14H24BrN3S/c1-4-18-12(14(15)10(2)17-18)9-16-11-7-5-6-8-13(11)19-3/h11,13,16H,4-9H2,1-3H3. The second kappa shape index (κ2) is 7.14. The molecule has 2 unspecified atom stereocenters. The molecule has 1 saturated carbocycles. The highest BCUT2D eigenvalue weighted by atomic mass is 79.9. The average Bonchev–Trinajstić information content (AvgIpc) is 2.72. The summed E-state index contributed by atoms with van der Waals surface area (Å²) >= 11 is 5.68. The van der Waals surface area contributed by atoms with Crippen LogP contribution in [0.15, 0.2) is 4.47 Å². The Morgan fingerprint density at radius 3 is 2.84 bits per heavy atom. The van der Waals surface area contributed by atoms with Crippen molar-refractivity contribution in [1.29, 1.82) is 0 Å². The molecule has 3 nitrogen and oxygen atoms in total. The molecule has 0 aliphatic heterocycles. The van der Waals surface area contributed by atoms with Crippen molar-refractivity contribution in [2.45, 2.75) is 63.9 Å². The molecular weight excluding hydrogens is 322 g/mol. The zero-order valence-electron chi connectivity index (χ0n) is 12.1. The second-order valence-electron chi connectivity index (χ2n) is 5.21. The third kappa shape index (κ3) is 3.56. The van der Waals surface area contributed by atoms with E-state index in [0.29, 0.717) is 6.04 Å². The monoisotopic (exact) mass is 345 g/mol. The smallest absolute Gasteiger partial charge is 0.0739 e. The van der Waals surface area contributed by atoms with E-state index in [9.17, 15) is 0 Å². The number of aryl methyl sites for hydroxylation is 2. The minimum Gasteiger partial charge on any atom is -0.307 e. The van der Waals surface area contributed by atoms with E-state index >= 15 is 0 Å². The number of thioether (sulfide) groups is 1. The molecule has 1 fully saturated rings. The van der Waals surface area contributed by atoms with Crippen LogP contribution in [0, 0.1) is 6.92 Å². The van der Waals surface area contributed by atoms with Crippen molar-refractivity contribution in [2.75, 3.05) is 6.26 Å². The molecule has 2 atom stereocenters. The van der Waals surface area contributed by atoms with Crippen LogP contribution >= 0.6 is 27.7 Å². The molecule has 1 aromatic heterocycles. The fourth-order valence-corrected chi connectivity index (χ4v) is 4.27. The number of nitrogens with one attached hydrogen (secondary N) is 1. The van der Waals surface area contributed by atoms with Crippen molar-refractivity contribution in [1.82, 2.24) is 15.1 Å². The van der Waals surface area contributed by atoms with Crippen LogP contribution in [-0.4, -0.2) is 27.3 Å². The Kier molecular flexibility index (Phi) is 5.78. The molecule has 0 radical (unpaired) electrons. The first kappa shape index (κ1) is 15.4. The van der Waals surface area contributed by atoms with Crippen LogP contribution in [0.25, 0.3) is 0 Å². The molecule has 0 bridgehead atoms. The summed E-state index contributed by atoms with van der Waals surface area (Å²) in [5, 5.41) is 9.08. The van der Waals surface area contributed by atoms with E-state index in [-0.39, 0.29) is 0 Å². The summed E-state index contributed by atoms with van der Waals surface area (Å²) in [5.74, 6) is 0. The van der Waals surface area contributed by atoms with Gasteiger partial charge in [-0.05, 0) is 48.9 Å². The highest BCUT2D eigenvalue weighted by Crippen LogP contribution is 2.28. The first-order valence-electron chi connectivity index (χ1n) is 7.15. The Labute approximate surface area is 129 Å². The lowest BCUT2D eigenvalue weighted by Crippen LogP contribution is -2.40. The normalized spacial score (nSPS) is 23.8. The summed E-state index contributed by atoms with van der Waals surface area (Å²) in [6.45, 7) is 6.05. The Morgan fingerprint density at radius 1 is 1.42 bits per heavy atom. The first-order valence-corrected chi connectivity index (χ1v) is 9.23. The van der Waals surface area contributed by atoms with E-state index < -0.39 is 0 Å². The fourth-order valence-electron chi connectivity index (χ4n) is 2.88. The number of nitrogens with zero attached hydrogens (tertiary/aromatic N) is 2. The maximum Gasteiger partial charge on any atom is 0.0739 e. The van der Waals surface area contributed by atoms with Crippen LogP contribution in [0.1, 0.15) is 44.0 Å². The van der Waals surface area contributed by atoms with E-state index in [4.69, 9.17) is 0 Å². The van der Waals surface area contributed by atoms with E-state index in [1.807, 2.05) is 11.8 Å². The van der Waals surface area contributed by atoms with E-state index in [0.717, 1.165) is 24.0 Å². The molecule has 0 spiro atoms. The van der Waals surface area contributed by atoms with Crippen LogP contribution in [-0.2, 0) is 13.1 Å². The Hall–Kier alpha value is -0.0000000000000000555. The van der Waals surface area contributed by atoms with Gasteiger partial charge in [-0.15, -0.1) is 0 Å². The van der Waals surface area contributed by atoms with Gasteiger partial charge in [0.25, 0.3) is 0 Å². The van der Waals surface area contributed by atoms with E-state index in [1.165, 1.54) is 35.8 Å². The summed E-state index contributed by atoms with van der Waals surface area (Å²) in [7, 11) is 0. The van der Waals surface area contributed by atoms with E-state index in [2.05, 4.69) is 51.1 Å². The van der Waals surface area contributed by atoms with Crippen molar-refractivity contribution < 1.29 is 0 Å². The van der Waals surface area contributed by atoms with Gasteiger partial charge < -0.3 is 5.32 Å². The van der Waals surface area contributed by atoms with Crippen molar-refractivity contribution in [3.8, 4) is 0 Å². The van der Waals surface area contributed by atoms with Crippen LogP contribution in [0.4, 0.5) is 0 Å². The second-order valence-corrected chi connectivity index (χ2v) is 7.08. The maximum absolute atomic E-state index is 4.56. The summed E-state index contributed by atoms with van der Waals surface area (Å²) < 4.78 is 3.27. The molecule has 0 amide bonds. The number of hydrogen-bond donors (Lipinski definition) is 1. The molecule has 108 valence electrons. The first-order chi connectivity index (χ1) is 9.17. The fraction of sp³-hybridized carbons (Fsp3) is 0.786. The summed E-state index contributed by atoms with van der Waals surface area (Å²) in [6.07, 6.45) is 7.65. The topological polar surface area (TPSA) is 29.9 Å². The SMILES string of the molecule is CCn1nc(C)c(Br)c1CNC1CCCCC1SC. The van der Waals surface area contributed by atoms with Crippen molar-refractivity contribution >= 4 is 27.7 Å². The third-order valence-electron chi connectivity index (χ3n) is 3.99. The van der Waals surface area contributed by atoms with Gasteiger partial charge in [0.05, 0.1) is 15.9 Å². The maximum atomic E-state index is 4.56. The van der Waals surface area contributed by atoms with Gasteiger partial charge in [0.2, 0.25) is 0 Å². The van der Waals surface area contributed by atoms with Crippen molar-refractivity contribution in [3.05, 3.63) is 15.9 Å². The zero-order valence-corrected chi connectivity index (χ0v) is 14.5. The lowest BCUT2D eigenvalue weighted by atomic mass is 9.95. The summed E-state index contributed by atoms with van der Waals surface area (Å²) in [5.41, 5.74) is 2.37. The van der Waals surface area contributed by atoms with Gasteiger partial charge in [-0.25, -0.2) is 0 Å². The molecule has 0 saturated heterocycles. The average molecular weight is 346 g/mol. The van der Waals surface area contributed by atoms with Crippen LogP contribution in [0.3, 0.4) is 0 Å². The molecule has 2 rings (SSSR count). The Balaban J connectivity index is 2.01. The predicted octanol–water partition coefficient (Wildman–Crippen LogP) is 3.74. The summed E-state index contributed by atoms with van der Waals surface area (Å²) in [6, 6.07) is 0.649.